The third-order valence-corrected chi connectivity index (χ3v) is 8.27. The van der Waals surface area contributed by atoms with Crippen molar-refractivity contribution in [3.05, 3.63) is 41.6 Å². The minimum Gasteiger partial charge on any atom is -0.495 e. The number of hydrogen-bond donors (Lipinski definition) is 1. The minimum absolute atomic E-state index is 0.311. The zero-order chi connectivity index (χ0) is 25.2. The monoisotopic (exact) mass is 502 g/mol. The lowest BCUT2D eigenvalue weighted by Crippen LogP contribution is -2.41. The molecule has 6 nitrogen and oxygen atoms in total. The molecule has 0 radical (unpaired) electrons. The lowest BCUT2D eigenvalue weighted by atomic mass is 9.89. The van der Waals surface area contributed by atoms with Crippen LogP contribution in [-0.2, 0) is 19.4 Å². The van der Waals surface area contributed by atoms with Crippen LogP contribution in [0.25, 0.3) is 22.0 Å². The molecule has 0 atom stereocenters. The molecule has 3 aliphatic rings. The van der Waals surface area contributed by atoms with Crippen LogP contribution in [0.2, 0.25) is 0 Å². The molecule has 37 heavy (non-hydrogen) atoms. The van der Waals surface area contributed by atoms with Gasteiger partial charge >= 0.3 is 0 Å². The van der Waals surface area contributed by atoms with Crippen molar-refractivity contribution in [3.63, 3.8) is 0 Å². The van der Waals surface area contributed by atoms with Gasteiger partial charge in [0.2, 0.25) is 12.5 Å². The predicted molar refractivity (Wildman–Crippen MR) is 148 cm³/mol. The van der Waals surface area contributed by atoms with E-state index in [1.165, 1.54) is 78.5 Å². The fourth-order valence-electron chi connectivity index (χ4n) is 6.34. The first-order valence-corrected chi connectivity index (χ1v) is 14.2. The molecule has 0 spiro atoms. The van der Waals surface area contributed by atoms with E-state index in [1.54, 1.807) is 7.11 Å². The third kappa shape index (κ3) is 4.72. The molecule has 3 aliphatic heterocycles. The van der Waals surface area contributed by atoms with Crippen molar-refractivity contribution in [2.75, 3.05) is 45.4 Å². The Balaban J connectivity index is 1.46. The quantitative estimate of drug-likeness (QED) is 0.284. The van der Waals surface area contributed by atoms with Gasteiger partial charge in [0, 0.05) is 18.5 Å². The number of aromatic nitrogens is 1. The summed E-state index contributed by atoms with van der Waals surface area (Å²) < 4.78 is 19.8. The third-order valence-electron chi connectivity index (χ3n) is 8.27. The molecule has 0 saturated carbocycles. The van der Waals surface area contributed by atoms with E-state index in [-0.39, 0.29) is 0 Å². The lowest BCUT2D eigenvalue weighted by molar-refractivity contribution is -0.686. The summed E-state index contributed by atoms with van der Waals surface area (Å²) in [5, 5.41) is 6.34. The molecule has 0 aliphatic carbocycles. The van der Waals surface area contributed by atoms with E-state index < -0.39 is 0 Å². The van der Waals surface area contributed by atoms with Crippen LogP contribution >= 0.6 is 0 Å². The highest BCUT2D eigenvalue weighted by Gasteiger charge is 2.32. The first-order chi connectivity index (χ1) is 18.3. The Morgan fingerprint density at radius 3 is 2.68 bits per heavy atom. The summed E-state index contributed by atoms with van der Waals surface area (Å²) in [5.41, 5.74) is 6.56. The topological polar surface area (TPSA) is 46.8 Å². The molecule has 6 heteroatoms. The Morgan fingerprint density at radius 2 is 1.86 bits per heavy atom. The number of nitrogens with one attached hydrogen (secondary N) is 1. The molecule has 6 rings (SSSR count). The summed E-state index contributed by atoms with van der Waals surface area (Å²) in [4.78, 5) is 2.63. The smallest absolute Gasteiger partial charge is 0.231 e. The van der Waals surface area contributed by atoms with Crippen LogP contribution in [0.1, 0.15) is 56.6 Å². The van der Waals surface area contributed by atoms with Gasteiger partial charge in [0.05, 0.1) is 23.7 Å². The molecule has 0 bridgehead atoms. The summed E-state index contributed by atoms with van der Waals surface area (Å²) >= 11 is 0. The number of hydrogen-bond acceptors (Lipinski definition) is 5. The van der Waals surface area contributed by atoms with Crippen molar-refractivity contribution in [2.24, 2.45) is 0 Å². The van der Waals surface area contributed by atoms with Crippen molar-refractivity contribution in [3.8, 4) is 28.5 Å². The number of aryl methyl sites for hydroxylation is 3. The Labute approximate surface area is 220 Å². The average Bonchev–Trinajstić information content (AvgIpc) is 3.61. The lowest BCUT2D eigenvalue weighted by Gasteiger charge is -2.22. The Bertz CT molecular complexity index is 1280. The van der Waals surface area contributed by atoms with E-state index in [4.69, 9.17) is 14.2 Å². The highest BCUT2D eigenvalue weighted by Crippen LogP contribution is 2.43. The van der Waals surface area contributed by atoms with E-state index in [9.17, 15) is 0 Å². The number of rotatable bonds is 10. The van der Waals surface area contributed by atoms with Crippen LogP contribution in [-0.4, -0.2) is 45.0 Å². The van der Waals surface area contributed by atoms with Gasteiger partial charge in [-0.2, -0.15) is 4.57 Å². The number of unbranched alkanes of at least 4 members (excludes halogenated alkanes) is 2. The van der Waals surface area contributed by atoms with Gasteiger partial charge in [0.15, 0.2) is 24.2 Å². The summed E-state index contributed by atoms with van der Waals surface area (Å²) in [5.74, 6) is 2.67. The molecule has 2 aromatic carbocycles. The van der Waals surface area contributed by atoms with Gasteiger partial charge in [0.25, 0.3) is 0 Å². The summed E-state index contributed by atoms with van der Waals surface area (Å²) in [6.45, 7) is 8.15. The molecule has 4 heterocycles. The standard InChI is InChI=1S/C31H39N3O3/c1-3-4-5-13-32-30-26-20-34-17-12-22-18-28-29(37-21-36-28)19-25(22)31(34)24(23(26)10-11-27(30)35-2)9-8-16-33-14-6-7-15-33/h10-11,18-20H,3-9,12-17,21H2,1-2H3/p+1. The molecular weight excluding hydrogens is 462 g/mol. The van der Waals surface area contributed by atoms with E-state index in [0.29, 0.717) is 6.79 Å². The zero-order valence-electron chi connectivity index (χ0n) is 22.4. The zero-order valence-corrected chi connectivity index (χ0v) is 22.4. The average molecular weight is 503 g/mol. The Kier molecular flexibility index (Phi) is 7.10. The maximum absolute atomic E-state index is 5.84. The first-order valence-electron chi connectivity index (χ1n) is 14.2. The molecule has 196 valence electrons. The Hall–Kier alpha value is -2.99. The number of nitrogens with zero attached hydrogens (tertiary/aromatic N) is 2. The van der Waals surface area contributed by atoms with E-state index in [0.717, 1.165) is 61.7 Å². The normalized spacial score (nSPS) is 16.2. The number of fused-ring (bicyclic) bond motifs is 5. The maximum Gasteiger partial charge on any atom is 0.231 e. The molecule has 3 aromatic rings. The summed E-state index contributed by atoms with van der Waals surface area (Å²) in [7, 11) is 1.78. The van der Waals surface area contributed by atoms with Crippen LogP contribution in [0.4, 0.5) is 5.69 Å². The maximum atomic E-state index is 5.84. The van der Waals surface area contributed by atoms with Crippen molar-refractivity contribution in [1.82, 2.24) is 4.90 Å². The SMILES string of the molecule is CCCCCNc1c(OC)ccc2c(CCCN3CCCC3)c3[n+](cc12)CCc1cc2c(cc1-3)OCO2. The first kappa shape index (κ1) is 24.4. The molecule has 1 aromatic heterocycles. The second-order valence-electron chi connectivity index (χ2n) is 10.7. The van der Waals surface area contributed by atoms with E-state index in [2.05, 4.69) is 52.2 Å². The number of anilines is 1. The minimum atomic E-state index is 0.311. The van der Waals surface area contributed by atoms with Gasteiger partial charge in [-0.25, -0.2) is 0 Å². The van der Waals surface area contributed by atoms with Crippen LogP contribution in [0.15, 0.2) is 30.5 Å². The number of pyridine rings is 1. The van der Waals surface area contributed by atoms with E-state index in [1.807, 2.05) is 0 Å². The van der Waals surface area contributed by atoms with Crippen molar-refractivity contribution in [1.29, 1.82) is 0 Å². The highest BCUT2D eigenvalue weighted by atomic mass is 16.7. The molecule has 1 fully saturated rings. The second kappa shape index (κ2) is 10.8. The second-order valence-corrected chi connectivity index (χ2v) is 10.7. The van der Waals surface area contributed by atoms with Gasteiger partial charge in [-0.05, 0) is 87.0 Å². The van der Waals surface area contributed by atoms with E-state index >= 15 is 0 Å². The number of likely N-dealkylation sites (tertiary alicyclic amines) is 1. The highest BCUT2D eigenvalue weighted by molar-refractivity contribution is 6.00. The molecule has 0 amide bonds. The van der Waals surface area contributed by atoms with Gasteiger partial charge in [0.1, 0.15) is 5.75 Å². The fourth-order valence-corrected chi connectivity index (χ4v) is 6.34. The summed E-state index contributed by atoms with van der Waals surface area (Å²) in [6.07, 6.45) is 11.9. The Morgan fingerprint density at radius 1 is 1.03 bits per heavy atom. The largest absolute Gasteiger partial charge is 0.495 e. The summed E-state index contributed by atoms with van der Waals surface area (Å²) in [6, 6.07) is 8.84. The van der Waals surface area contributed by atoms with Crippen molar-refractivity contribution in [2.45, 2.75) is 64.8 Å². The van der Waals surface area contributed by atoms with Gasteiger partial charge < -0.3 is 24.4 Å². The van der Waals surface area contributed by atoms with Crippen molar-refractivity contribution >= 4 is 16.5 Å². The number of benzene rings is 2. The molecule has 1 N–H and O–H groups in total. The van der Waals surface area contributed by atoms with Crippen LogP contribution in [0.5, 0.6) is 17.2 Å². The van der Waals surface area contributed by atoms with Crippen LogP contribution in [0.3, 0.4) is 0 Å². The molecular formula is C31H40N3O3+. The fraction of sp³-hybridized carbons (Fsp3) is 0.516. The molecule has 0 unspecified atom stereocenters. The van der Waals surface area contributed by atoms with Crippen LogP contribution < -0.4 is 24.1 Å². The van der Waals surface area contributed by atoms with Crippen LogP contribution in [0, 0.1) is 0 Å². The molecule has 1 saturated heterocycles. The van der Waals surface area contributed by atoms with Crippen molar-refractivity contribution < 1.29 is 18.8 Å². The number of methoxy groups -OCH3 is 1. The number of ether oxygens (including phenoxy) is 3. The van der Waals surface area contributed by atoms with Gasteiger partial charge in [-0.1, -0.05) is 19.8 Å². The predicted octanol–water partition coefficient (Wildman–Crippen LogP) is 5.72. The van der Waals surface area contributed by atoms with Gasteiger partial charge in [-0.3, -0.25) is 0 Å². The van der Waals surface area contributed by atoms with Gasteiger partial charge in [-0.15, -0.1) is 0 Å².